The lowest BCUT2D eigenvalue weighted by Crippen LogP contribution is -2.34. The van der Waals surface area contributed by atoms with Crippen LogP contribution in [0.5, 0.6) is 5.75 Å². The second kappa shape index (κ2) is 8.08. The number of hydroxylamine groups is 2. The van der Waals surface area contributed by atoms with Gasteiger partial charge in [-0.2, -0.15) is 5.06 Å². The smallest absolute Gasteiger partial charge is 0.428 e. The molecule has 1 saturated heterocycles. The lowest BCUT2D eigenvalue weighted by atomic mass is 10.1. The molecule has 0 aliphatic carbocycles. The maximum absolute atomic E-state index is 12.1. The van der Waals surface area contributed by atoms with Gasteiger partial charge in [0.15, 0.2) is 0 Å². The molecule has 1 fully saturated rings. The Morgan fingerprint density at radius 1 is 0.929 bits per heavy atom. The van der Waals surface area contributed by atoms with Gasteiger partial charge in [0.05, 0.1) is 6.04 Å². The van der Waals surface area contributed by atoms with Crippen LogP contribution in [0.3, 0.4) is 0 Å². The second-order valence-electron chi connectivity index (χ2n) is 8.47. The first-order valence-corrected chi connectivity index (χ1v) is 9.08. The number of ether oxygens (including phenoxy) is 3. The molecular weight excluding hydrogens is 366 g/mol. The van der Waals surface area contributed by atoms with Gasteiger partial charge in [0.1, 0.15) is 17.0 Å². The van der Waals surface area contributed by atoms with Crippen molar-refractivity contribution >= 4 is 18.2 Å². The summed E-state index contributed by atoms with van der Waals surface area (Å²) in [6.07, 6.45) is -0.985. The van der Waals surface area contributed by atoms with Crippen molar-refractivity contribution in [2.24, 2.45) is 0 Å². The van der Waals surface area contributed by atoms with Gasteiger partial charge in [0.25, 0.3) is 5.91 Å². The topological polar surface area (TPSA) is 91.4 Å². The van der Waals surface area contributed by atoms with Gasteiger partial charge in [-0.3, -0.25) is 4.79 Å². The Morgan fingerprint density at radius 3 is 2.00 bits per heavy atom. The van der Waals surface area contributed by atoms with Gasteiger partial charge in [-0.15, -0.1) is 0 Å². The first kappa shape index (κ1) is 21.5. The minimum atomic E-state index is -0.933. The molecule has 0 N–H and O–H groups in total. The van der Waals surface area contributed by atoms with E-state index in [0.29, 0.717) is 12.2 Å². The Hall–Kier alpha value is -2.77. The van der Waals surface area contributed by atoms with Crippen LogP contribution >= 0.6 is 0 Å². The lowest BCUT2D eigenvalue weighted by molar-refractivity contribution is -0.179. The van der Waals surface area contributed by atoms with E-state index >= 15 is 0 Å². The monoisotopic (exact) mass is 393 g/mol. The van der Waals surface area contributed by atoms with E-state index in [2.05, 4.69) is 0 Å². The standard InChI is InChI=1S/C20H27NO7/c1-19(2,3)26-17(23)25-14-9-7-13(8-10-14)15-11-12-16(22)21(15)28-18(24)27-20(4,5)6/h7-10,15H,11-12H2,1-6H3. The molecule has 0 saturated carbocycles. The Balaban J connectivity index is 2.04. The van der Waals surface area contributed by atoms with E-state index in [1.165, 1.54) is 0 Å². The maximum atomic E-state index is 12.1. The van der Waals surface area contributed by atoms with Crippen molar-refractivity contribution in [3.05, 3.63) is 29.8 Å². The Labute approximate surface area is 164 Å². The van der Waals surface area contributed by atoms with Crippen LogP contribution in [0, 0.1) is 0 Å². The maximum Gasteiger partial charge on any atom is 0.534 e. The van der Waals surface area contributed by atoms with Gasteiger partial charge >= 0.3 is 12.3 Å². The van der Waals surface area contributed by atoms with Gasteiger partial charge in [0, 0.05) is 6.42 Å². The van der Waals surface area contributed by atoms with Gasteiger partial charge < -0.3 is 19.0 Å². The lowest BCUT2D eigenvalue weighted by Gasteiger charge is -2.25. The molecule has 1 atom stereocenters. The molecule has 154 valence electrons. The van der Waals surface area contributed by atoms with E-state index in [1.807, 2.05) is 0 Å². The minimum absolute atomic E-state index is 0.254. The van der Waals surface area contributed by atoms with Crippen LogP contribution < -0.4 is 4.74 Å². The van der Waals surface area contributed by atoms with Crippen molar-refractivity contribution in [3.8, 4) is 5.75 Å². The number of benzene rings is 1. The summed E-state index contributed by atoms with van der Waals surface area (Å²) in [4.78, 5) is 40.9. The highest BCUT2D eigenvalue weighted by Crippen LogP contribution is 2.34. The molecule has 1 unspecified atom stereocenters. The van der Waals surface area contributed by atoms with Crippen LogP contribution in [0.4, 0.5) is 9.59 Å². The molecular formula is C20H27NO7. The normalized spacial score (nSPS) is 17.3. The summed E-state index contributed by atoms with van der Waals surface area (Å²) >= 11 is 0. The molecule has 1 aromatic rings. The number of rotatable bonds is 3. The third-order valence-corrected chi connectivity index (χ3v) is 3.58. The number of hydrogen-bond acceptors (Lipinski definition) is 7. The van der Waals surface area contributed by atoms with E-state index in [4.69, 9.17) is 19.0 Å². The molecule has 8 heteroatoms. The van der Waals surface area contributed by atoms with Crippen LogP contribution in [-0.2, 0) is 19.1 Å². The summed E-state index contributed by atoms with van der Waals surface area (Å²) in [5.74, 6) is 0.00637. The fourth-order valence-electron chi connectivity index (χ4n) is 2.55. The van der Waals surface area contributed by atoms with Crippen LogP contribution in [0.25, 0.3) is 0 Å². The quantitative estimate of drug-likeness (QED) is 0.550. The molecule has 1 aromatic carbocycles. The number of nitrogens with zero attached hydrogens (tertiary/aromatic N) is 1. The molecule has 8 nitrogen and oxygen atoms in total. The molecule has 1 heterocycles. The van der Waals surface area contributed by atoms with Crippen molar-refractivity contribution < 1.29 is 33.4 Å². The van der Waals surface area contributed by atoms with Gasteiger partial charge in [-0.1, -0.05) is 12.1 Å². The fraction of sp³-hybridized carbons (Fsp3) is 0.550. The Bertz CT molecular complexity index is 728. The summed E-state index contributed by atoms with van der Waals surface area (Å²) in [6, 6.07) is 6.15. The average molecular weight is 393 g/mol. The number of amides is 1. The highest BCUT2D eigenvalue weighted by atomic mass is 16.8. The van der Waals surface area contributed by atoms with E-state index in [-0.39, 0.29) is 12.3 Å². The van der Waals surface area contributed by atoms with E-state index in [9.17, 15) is 14.4 Å². The third kappa shape index (κ3) is 6.44. The predicted molar refractivity (Wildman–Crippen MR) is 99.4 cm³/mol. The van der Waals surface area contributed by atoms with Crippen LogP contribution in [-0.4, -0.2) is 34.5 Å². The van der Waals surface area contributed by atoms with Crippen molar-refractivity contribution in [1.29, 1.82) is 0 Å². The fourth-order valence-corrected chi connectivity index (χ4v) is 2.55. The molecule has 1 aliphatic rings. The average Bonchev–Trinajstić information content (AvgIpc) is 2.85. The molecule has 0 bridgehead atoms. The molecule has 28 heavy (non-hydrogen) atoms. The summed E-state index contributed by atoms with van der Waals surface area (Å²) in [5, 5.41) is 1.04. The van der Waals surface area contributed by atoms with Crippen LogP contribution in [0.15, 0.2) is 24.3 Å². The summed E-state index contributed by atoms with van der Waals surface area (Å²) in [6.45, 7) is 10.4. The highest BCUT2D eigenvalue weighted by molar-refractivity contribution is 5.79. The summed E-state index contributed by atoms with van der Waals surface area (Å²) in [7, 11) is 0. The first-order chi connectivity index (χ1) is 12.8. The van der Waals surface area contributed by atoms with E-state index in [0.717, 1.165) is 10.6 Å². The second-order valence-corrected chi connectivity index (χ2v) is 8.47. The third-order valence-electron chi connectivity index (χ3n) is 3.58. The zero-order valence-electron chi connectivity index (χ0n) is 17.1. The van der Waals surface area contributed by atoms with Crippen molar-refractivity contribution in [3.63, 3.8) is 0 Å². The number of carbonyl (C=O) groups excluding carboxylic acids is 3. The largest absolute Gasteiger partial charge is 0.534 e. The Morgan fingerprint density at radius 2 is 1.46 bits per heavy atom. The molecule has 0 radical (unpaired) electrons. The first-order valence-electron chi connectivity index (χ1n) is 9.08. The van der Waals surface area contributed by atoms with Gasteiger partial charge in [-0.05, 0) is 65.7 Å². The number of hydrogen-bond donors (Lipinski definition) is 0. The summed E-state index contributed by atoms with van der Waals surface area (Å²) in [5.41, 5.74) is -0.637. The molecule has 0 aromatic heterocycles. The zero-order valence-corrected chi connectivity index (χ0v) is 17.1. The van der Waals surface area contributed by atoms with Crippen LogP contribution in [0.1, 0.15) is 66.0 Å². The van der Waals surface area contributed by atoms with E-state index in [1.54, 1.807) is 65.8 Å². The van der Waals surface area contributed by atoms with Gasteiger partial charge in [-0.25, -0.2) is 9.59 Å². The van der Waals surface area contributed by atoms with Gasteiger partial charge in [0.2, 0.25) is 0 Å². The molecule has 2 rings (SSSR count). The molecule has 0 spiro atoms. The van der Waals surface area contributed by atoms with Crippen LogP contribution in [0.2, 0.25) is 0 Å². The summed E-state index contributed by atoms with van der Waals surface area (Å²) < 4.78 is 15.3. The highest BCUT2D eigenvalue weighted by Gasteiger charge is 2.36. The van der Waals surface area contributed by atoms with Crippen molar-refractivity contribution in [2.45, 2.75) is 71.6 Å². The zero-order chi connectivity index (χ0) is 21.1. The van der Waals surface area contributed by atoms with Crippen molar-refractivity contribution in [2.75, 3.05) is 0 Å². The molecule has 1 amide bonds. The van der Waals surface area contributed by atoms with Crippen molar-refractivity contribution in [1.82, 2.24) is 5.06 Å². The predicted octanol–water partition coefficient (Wildman–Crippen LogP) is 4.53. The molecule has 1 aliphatic heterocycles. The SMILES string of the molecule is CC(C)(C)OC(=O)Oc1ccc(C2CCC(=O)N2OC(=O)OC(C)(C)C)cc1. The minimum Gasteiger partial charge on any atom is -0.428 e. The van der Waals surface area contributed by atoms with E-state index < -0.39 is 29.6 Å². The Kier molecular flexibility index (Phi) is 6.21. The number of carbonyl (C=O) groups is 3.